The number of aliphatic hydroxyl groups is 1. The standard InChI is InChI=1S/C45H74NO10P/c1-5-7-8-9-18-23-29-40(47)30-24-19-14-10-12-17-22-27-33-45(49)55-41(37-54-57(50,51)53-35-34-46)36-52-44(48)32-26-21-16-13-11-15-20-25-31-43-39(4)38(3)42(56-43)28-6-2/h7-8,12,14,17-19,23-24,30,40-41,47H,5-6,9-11,13,15-16,20-22,25-29,31-37,46H2,1-4H3,(H,50,51)/b8-7-,17-12-,19-14-,23-18-,30-24+/t40?,41-/m1/s1. The van der Waals surface area contributed by atoms with Crippen LogP contribution in [0.1, 0.15) is 146 Å². The Hall–Kier alpha value is -3.05. The molecule has 12 heteroatoms. The summed E-state index contributed by atoms with van der Waals surface area (Å²) in [5.74, 6) is 1.31. The van der Waals surface area contributed by atoms with Gasteiger partial charge < -0.3 is 29.6 Å². The van der Waals surface area contributed by atoms with Gasteiger partial charge in [0.15, 0.2) is 6.10 Å². The van der Waals surface area contributed by atoms with Gasteiger partial charge in [-0.05, 0) is 82.8 Å². The van der Waals surface area contributed by atoms with Crippen molar-refractivity contribution in [2.45, 2.75) is 162 Å². The van der Waals surface area contributed by atoms with Crippen LogP contribution >= 0.6 is 7.82 Å². The lowest BCUT2D eigenvalue weighted by Gasteiger charge is -2.19. The van der Waals surface area contributed by atoms with Gasteiger partial charge >= 0.3 is 19.8 Å². The molecule has 57 heavy (non-hydrogen) atoms. The van der Waals surface area contributed by atoms with Crippen LogP contribution in [0.5, 0.6) is 0 Å². The maximum Gasteiger partial charge on any atom is 0.472 e. The van der Waals surface area contributed by atoms with Crippen molar-refractivity contribution in [3.05, 3.63) is 83.4 Å². The van der Waals surface area contributed by atoms with E-state index in [0.717, 1.165) is 75.7 Å². The van der Waals surface area contributed by atoms with Crippen LogP contribution in [0, 0.1) is 13.8 Å². The number of hydrogen-bond acceptors (Lipinski definition) is 10. The zero-order valence-electron chi connectivity index (χ0n) is 35.4. The second kappa shape index (κ2) is 33.9. The summed E-state index contributed by atoms with van der Waals surface area (Å²) in [5, 5.41) is 10.0. The molecule has 0 spiro atoms. The first-order valence-electron chi connectivity index (χ1n) is 21.2. The minimum Gasteiger partial charge on any atom is -0.466 e. The number of carbonyl (C=O) groups is 2. The molecule has 4 N–H and O–H groups in total. The summed E-state index contributed by atoms with van der Waals surface area (Å²) in [5.41, 5.74) is 7.95. The van der Waals surface area contributed by atoms with Gasteiger partial charge in [-0.15, -0.1) is 0 Å². The first kappa shape index (κ1) is 52.0. The summed E-state index contributed by atoms with van der Waals surface area (Å²) in [7, 11) is -4.42. The number of rotatable bonds is 35. The number of phosphoric acid groups is 1. The average molecular weight is 820 g/mol. The van der Waals surface area contributed by atoms with Gasteiger partial charge in [0.2, 0.25) is 0 Å². The number of aliphatic hydroxyl groups excluding tert-OH is 1. The van der Waals surface area contributed by atoms with Crippen LogP contribution in [-0.4, -0.2) is 60.5 Å². The molecule has 0 aliphatic rings. The maximum absolute atomic E-state index is 12.6. The zero-order chi connectivity index (χ0) is 42.0. The monoisotopic (exact) mass is 820 g/mol. The van der Waals surface area contributed by atoms with Crippen molar-refractivity contribution in [2.24, 2.45) is 5.73 Å². The van der Waals surface area contributed by atoms with Crippen LogP contribution < -0.4 is 5.73 Å². The number of furan rings is 1. The molecule has 0 aliphatic heterocycles. The fourth-order valence-electron chi connectivity index (χ4n) is 5.80. The highest BCUT2D eigenvalue weighted by Gasteiger charge is 2.26. The van der Waals surface area contributed by atoms with Crippen LogP contribution in [0.15, 0.2) is 65.2 Å². The molecule has 0 aliphatic carbocycles. The second-order valence-electron chi connectivity index (χ2n) is 14.3. The molecular weight excluding hydrogens is 745 g/mol. The smallest absolute Gasteiger partial charge is 0.466 e. The third-order valence-corrected chi connectivity index (χ3v) is 10.2. The molecule has 0 amide bonds. The number of esters is 2. The Morgan fingerprint density at radius 1 is 0.754 bits per heavy atom. The molecule has 2 unspecified atom stereocenters. The van der Waals surface area contributed by atoms with Crippen LogP contribution in [0.2, 0.25) is 0 Å². The van der Waals surface area contributed by atoms with Crippen molar-refractivity contribution in [1.82, 2.24) is 0 Å². The van der Waals surface area contributed by atoms with Crippen molar-refractivity contribution < 1.29 is 47.1 Å². The molecule has 1 rings (SSSR count). The molecule has 324 valence electrons. The van der Waals surface area contributed by atoms with E-state index in [9.17, 15) is 24.2 Å². The lowest BCUT2D eigenvalue weighted by atomic mass is 10.0. The Bertz CT molecular complexity index is 1410. The molecule has 3 atom stereocenters. The van der Waals surface area contributed by atoms with Gasteiger partial charge in [0, 0.05) is 32.2 Å². The molecule has 0 aromatic carbocycles. The minimum absolute atomic E-state index is 0.0254. The van der Waals surface area contributed by atoms with Crippen molar-refractivity contribution in [3.63, 3.8) is 0 Å². The SMILES string of the molecule is CC/C=C\C/C=C\CC(O)/C=C/C=C\C/C=C\CCCC(=O)O[C@H](COC(=O)CCCCCCCCCCc1oc(CCC)c(C)c1C)COP(=O)(O)OCCN. The first-order valence-corrected chi connectivity index (χ1v) is 22.7. The van der Waals surface area contributed by atoms with E-state index in [-0.39, 0.29) is 32.6 Å². The number of allylic oxidation sites excluding steroid dienone is 8. The number of aryl methyl sites for hydroxylation is 2. The Kier molecular flexibility index (Phi) is 30.9. The van der Waals surface area contributed by atoms with Gasteiger partial charge in [0.05, 0.1) is 19.3 Å². The normalized spacial score (nSPS) is 14.4. The van der Waals surface area contributed by atoms with E-state index in [4.69, 9.17) is 28.7 Å². The number of carbonyl (C=O) groups excluding carboxylic acids is 2. The predicted molar refractivity (Wildman–Crippen MR) is 229 cm³/mol. The Morgan fingerprint density at radius 2 is 1.39 bits per heavy atom. The fourth-order valence-corrected chi connectivity index (χ4v) is 6.57. The second-order valence-corrected chi connectivity index (χ2v) is 15.7. The van der Waals surface area contributed by atoms with E-state index in [1.807, 2.05) is 42.5 Å². The topological polar surface area (TPSA) is 168 Å². The minimum atomic E-state index is -4.42. The van der Waals surface area contributed by atoms with Gasteiger partial charge in [-0.3, -0.25) is 18.6 Å². The van der Waals surface area contributed by atoms with E-state index < -0.39 is 38.6 Å². The Labute approximate surface area is 343 Å². The van der Waals surface area contributed by atoms with E-state index in [2.05, 4.69) is 39.8 Å². The molecular formula is C45H74NO10P. The molecule has 0 fully saturated rings. The summed E-state index contributed by atoms with van der Waals surface area (Å²) in [6.07, 6.45) is 34.2. The van der Waals surface area contributed by atoms with Crippen LogP contribution in [0.3, 0.4) is 0 Å². The number of unbranched alkanes of at least 4 members (excludes halogenated alkanes) is 8. The third kappa shape index (κ3) is 28.1. The Balaban J connectivity index is 2.32. The lowest BCUT2D eigenvalue weighted by Crippen LogP contribution is -2.29. The number of hydrogen-bond donors (Lipinski definition) is 3. The average Bonchev–Trinajstić information content (AvgIpc) is 3.45. The number of nitrogens with two attached hydrogens (primary N) is 1. The largest absolute Gasteiger partial charge is 0.472 e. The molecule has 1 aromatic rings. The fraction of sp³-hybridized carbons (Fsp3) is 0.644. The molecule has 0 saturated heterocycles. The Morgan fingerprint density at radius 3 is 2.09 bits per heavy atom. The third-order valence-electron chi connectivity index (χ3n) is 9.17. The molecule has 0 saturated carbocycles. The summed E-state index contributed by atoms with van der Waals surface area (Å²) >= 11 is 0. The van der Waals surface area contributed by atoms with Crippen LogP contribution in [0.25, 0.3) is 0 Å². The van der Waals surface area contributed by atoms with E-state index in [1.165, 1.54) is 24.0 Å². The number of ether oxygens (including phenoxy) is 2. The maximum atomic E-state index is 12.6. The van der Waals surface area contributed by atoms with E-state index >= 15 is 0 Å². The molecule has 0 radical (unpaired) electrons. The quantitative estimate of drug-likeness (QED) is 0.0196. The zero-order valence-corrected chi connectivity index (χ0v) is 36.3. The van der Waals surface area contributed by atoms with Crippen molar-refractivity contribution in [2.75, 3.05) is 26.4 Å². The van der Waals surface area contributed by atoms with Gasteiger partial charge in [0.1, 0.15) is 18.1 Å². The van der Waals surface area contributed by atoms with Crippen LogP contribution in [-0.2, 0) is 45.5 Å². The van der Waals surface area contributed by atoms with Crippen molar-refractivity contribution in [1.29, 1.82) is 0 Å². The predicted octanol–water partition coefficient (Wildman–Crippen LogP) is 10.3. The highest BCUT2D eigenvalue weighted by molar-refractivity contribution is 7.47. The molecule has 0 bridgehead atoms. The highest BCUT2D eigenvalue weighted by Crippen LogP contribution is 2.43. The van der Waals surface area contributed by atoms with Gasteiger partial charge in [-0.2, -0.15) is 0 Å². The summed E-state index contributed by atoms with van der Waals surface area (Å²) in [6, 6.07) is 0. The molecule has 11 nitrogen and oxygen atoms in total. The van der Waals surface area contributed by atoms with Crippen molar-refractivity contribution >= 4 is 19.8 Å². The van der Waals surface area contributed by atoms with Crippen LogP contribution in [0.4, 0.5) is 0 Å². The lowest BCUT2D eigenvalue weighted by molar-refractivity contribution is -0.161. The summed E-state index contributed by atoms with van der Waals surface area (Å²) in [4.78, 5) is 34.9. The number of phosphoric ester groups is 1. The van der Waals surface area contributed by atoms with Gasteiger partial charge in [-0.25, -0.2) is 4.57 Å². The van der Waals surface area contributed by atoms with Gasteiger partial charge in [0.25, 0.3) is 0 Å². The van der Waals surface area contributed by atoms with Crippen molar-refractivity contribution in [3.8, 4) is 0 Å². The first-order chi connectivity index (χ1) is 27.5. The van der Waals surface area contributed by atoms with Gasteiger partial charge in [-0.1, -0.05) is 113 Å². The summed E-state index contributed by atoms with van der Waals surface area (Å²) < 4.78 is 38.8. The highest BCUT2D eigenvalue weighted by atomic mass is 31.2. The molecule has 1 heterocycles. The van der Waals surface area contributed by atoms with E-state index in [0.29, 0.717) is 32.1 Å². The van der Waals surface area contributed by atoms with E-state index in [1.54, 1.807) is 6.08 Å². The summed E-state index contributed by atoms with van der Waals surface area (Å²) in [6.45, 7) is 7.65. The molecule has 1 aromatic heterocycles.